The van der Waals surface area contributed by atoms with E-state index >= 15 is 0 Å². The van der Waals surface area contributed by atoms with Crippen LogP contribution in [0.3, 0.4) is 0 Å². The predicted molar refractivity (Wildman–Crippen MR) is 92.0 cm³/mol. The highest BCUT2D eigenvalue weighted by atomic mass is 79.9. The van der Waals surface area contributed by atoms with Gasteiger partial charge in [-0.2, -0.15) is 0 Å². The fourth-order valence-corrected chi connectivity index (χ4v) is 3.13. The van der Waals surface area contributed by atoms with Gasteiger partial charge < -0.3 is 9.55 Å². The molecule has 0 radical (unpaired) electrons. The normalized spacial score (nSPS) is 11.4. The van der Waals surface area contributed by atoms with Crippen molar-refractivity contribution in [2.45, 2.75) is 0 Å². The van der Waals surface area contributed by atoms with Crippen molar-refractivity contribution < 1.29 is 0 Å². The molecule has 1 N–H and O–H groups in total. The zero-order valence-electron chi connectivity index (χ0n) is 11.8. The van der Waals surface area contributed by atoms with Gasteiger partial charge in [0, 0.05) is 45.9 Å². The molecule has 0 atom stereocenters. The number of rotatable bonds is 1. The first-order valence-electron chi connectivity index (χ1n) is 6.86. The molecule has 22 heavy (non-hydrogen) atoms. The van der Waals surface area contributed by atoms with Crippen molar-refractivity contribution in [3.8, 4) is 11.1 Å². The lowest BCUT2D eigenvalue weighted by Crippen LogP contribution is -2.08. The number of aryl methyl sites for hydroxylation is 1. The maximum absolute atomic E-state index is 12.5. The predicted octanol–water partition coefficient (Wildman–Crippen LogP) is 3.84. The molecule has 0 aliphatic heterocycles. The van der Waals surface area contributed by atoms with Crippen LogP contribution in [0.2, 0.25) is 0 Å². The zero-order chi connectivity index (χ0) is 15.3. The molecular formula is C17H12BrN3O. The van der Waals surface area contributed by atoms with Crippen LogP contribution in [0.4, 0.5) is 0 Å². The molecular weight excluding hydrogens is 342 g/mol. The summed E-state index contributed by atoms with van der Waals surface area (Å²) in [6.45, 7) is 0. The van der Waals surface area contributed by atoms with Gasteiger partial charge in [-0.1, -0.05) is 18.2 Å². The number of pyridine rings is 2. The zero-order valence-corrected chi connectivity index (χ0v) is 13.4. The van der Waals surface area contributed by atoms with Gasteiger partial charge in [-0.3, -0.25) is 4.79 Å². The lowest BCUT2D eigenvalue weighted by atomic mass is 10.1. The number of H-pyrrole nitrogens is 1. The minimum atomic E-state index is -0.0915. The van der Waals surface area contributed by atoms with Crippen LogP contribution in [-0.2, 0) is 7.05 Å². The van der Waals surface area contributed by atoms with Gasteiger partial charge >= 0.3 is 0 Å². The summed E-state index contributed by atoms with van der Waals surface area (Å²) >= 11 is 3.45. The van der Waals surface area contributed by atoms with E-state index in [2.05, 4.69) is 25.9 Å². The van der Waals surface area contributed by atoms with Gasteiger partial charge in [0.15, 0.2) is 0 Å². The van der Waals surface area contributed by atoms with Crippen molar-refractivity contribution in [3.63, 3.8) is 0 Å². The van der Waals surface area contributed by atoms with Gasteiger partial charge in [-0.25, -0.2) is 4.98 Å². The molecule has 3 aromatic heterocycles. The van der Waals surface area contributed by atoms with Crippen LogP contribution in [0.15, 0.2) is 58.1 Å². The van der Waals surface area contributed by atoms with Crippen molar-refractivity contribution in [3.05, 3.63) is 63.6 Å². The van der Waals surface area contributed by atoms with Crippen LogP contribution < -0.4 is 5.56 Å². The van der Waals surface area contributed by atoms with Crippen molar-refractivity contribution in [2.24, 2.45) is 7.05 Å². The molecule has 3 heterocycles. The summed E-state index contributed by atoms with van der Waals surface area (Å²) < 4.78 is 2.83. The molecule has 4 rings (SSSR count). The van der Waals surface area contributed by atoms with E-state index in [4.69, 9.17) is 0 Å². The Bertz CT molecular complexity index is 1080. The summed E-state index contributed by atoms with van der Waals surface area (Å²) in [5.41, 5.74) is 3.15. The number of nitrogens with one attached hydrogen (secondary N) is 1. The van der Waals surface area contributed by atoms with Crippen molar-refractivity contribution >= 4 is 37.9 Å². The van der Waals surface area contributed by atoms with Crippen molar-refractivity contribution in [2.75, 3.05) is 0 Å². The number of aromatic amines is 1. The molecule has 108 valence electrons. The maximum Gasteiger partial charge on any atom is 0.256 e. The molecule has 0 aliphatic carbocycles. The Labute approximate surface area is 134 Å². The molecule has 0 spiro atoms. The third-order valence-corrected chi connectivity index (χ3v) is 4.26. The van der Waals surface area contributed by atoms with Crippen LogP contribution in [0, 0.1) is 0 Å². The molecule has 0 saturated carbocycles. The lowest BCUT2D eigenvalue weighted by molar-refractivity contribution is 0.948. The quantitative estimate of drug-likeness (QED) is 0.565. The van der Waals surface area contributed by atoms with E-state index in [1.54, 1.807) is 6.20 Å². The summed E-state index contributed by atoms with van der Waals surface area (Å²) in [4.78, 5) is 19.8. The Morgan fingerprint density at radius 1 is 1.18 bits per heavy atom. The Balaban J connectivity index is 2.09. The first-order valence-corrected chi connectivity index (χ1v) is 7.66. The fourth-order valence-electron chi connectivity index (χ4n) is 2.80. The summed E-state index contributed by atoms with van der Waals surface area (Å²) in [7, 11) is 1.93. The minimum absolute atomic E-state index is 0.0915. The first-order chi connectivity index (χ1) is 10.6. The number of halogens is 1. The number of benzene rings is 1. The van der Waals surface area contributed by atoms with Gasteiger partial charge in [0.05, 0.1) is 0 Å². The van der Waals surface area contributed by atoms with Crippen LogP contribution >= 0.6 is 15.9 Å². The van der Waals surface area contributed by atoms with Crippen molar-refractivity contribution in [1.82, 2.24) is 14.5 Å². The molecule has 0 bridgehead atoms. The second-order valence-electron chi connectivity index (χ2n) is 5.28. The van der Waals surface area contributed by atoms with E-state index < -0.39 is 0 Å². The lowest BCUT2D eigenvalue weighted by Gasteiger charge is -2.02. The van der Waals surface area contributed by atoms with E-state index in [9.17, 15) is 4.79 Å². The molecule has 0 unspecified atom stereocenters. The summed E-state index contributed by atoms with van der Waals surface area (Å²) in [6, 6.07) is 11.7. The first kappa shape index (κ1) is 13.3. The highest BCUT2D eigenvalue weighted by Crippen LogP contribution is 2.30. The Morgan fingerprint density at radius 2 is 2.00 bits per heavy atom. The van der Waals surface area contributed by atoms with E-state index in [0.29, 0.717) is 5.56 Å². The maximum atomic E-state index is 12.5. The van der Waals surface area contributed by atoms with E-state index in [0.717, 1.165) is 32.0 Å². The highest BCUT2D eigenvalue weighted by Gasteiger charge is 2.13. The summed E-state index contributed by atoms with van der Waals surface area (Å²) in [6.07, 6.45) is 3.71. The minimum Gasteiger partial charge on any atom is -0.335 e. The van der Waals surface area contributed by atoms with E-state index in [1.165, 1.54) is 0 Å². The topological polar surface area (TPSA) is 50.7 Å². The average Bonchev–Trinajstić information content (AvgIpc) is 2.83. The van der Waals surface area contributed by atoms with Gasteiger partial charge in [0.25, 0.3) is 5.56 Å². The Hall–Kier alpha value is -2.40. The fraction of sp³-hybridized carbons (Fsp3) is 0.0588. The number of aromatic nitrogens is 3. The molecule has 4 nitrogen and oxygen atoms in total. The van der Waals surface area contributed by atoms with Crippen LogP contribution in [0.5, 0.6) is 0 Å². The van der Waals surface area contributed by atoms with E-state index in [-0.39, 0.29) is 5.56 Å². The molecule has 0 saturated heterocycles. The van der Waals surface area contributed by atoms with Crippen molar-refractivity contribution in [1.29, 1.82) is 0 Å². The number of fused-ring (bicyclic) bond motifs is 2. The molecule has 4 aromatic rings. The van der Waals surface area contributed by atoms with Gasteiger partial charge in [0.1, 0.15) is 5.65 Å². The monoisotopic (exact) mass is 353 g/mol. The third kappa shape index (κ3) is 1.97. The van der Waals surface area contributed by atoms with E-state index in [1.807, 2.05) is 54.2 Å². The molecule has 5 heteroatoms. The smallest absolute Gasteiger partial charge is 0.256 e. The van der Waals surface area contributed by atoms with Crippen LogP contribution in [0.1, 0.15) is 0 Å². The standard InChI is InChI=1S/C17H12BrN3O/c1-21-9-14(12-7-11(18)8-19-16(12)21)13-6-10-4-2-3-5-15(10)20-17(13)22/h2-9H,1H3,(H,20,22). The second-order valence-corrected chi connectivity index (χ2v) is 6.19. The Kier molecular flexibility index (Phi) is 2.90. The van der Waals surface area contributed by atoms with Crippen LogP contribution in [-0.4, -0.2) is 14.5 Å². The highest BCUT2D eigenvalue weighted by molar-refractivity contribution is 9.10. The third-order valence-electron chi connectivity index (χ3n) is 3.82. The number of para-hydroxylation sites is 1. The molecule has 0 fully saturated rings. The summed E-state index contributed by atoms with van der Waals surface area (Å²) in [5.74, 6) is 0. The molecule has 0 aliphatic rings. The largest absolute Gasteiger partial charge is 0.335 e. The van der Waals surface area contributed by atoms with Gasteiger partial charge in [-0.05, 0) is 39.5 Å². The number of hydrogen-bond donors (Lipinski definition) is 1. The van der Waals surface area contributed by atoms with Crippen LogP contribution in [0.25, 0.3) is 33.1 Å². The number of hydrogen-bond acceptors (Lipinski definition) is 2. The molecule has 1 aromatic carbocycles. The SMILES string of the molecule is Cn1cc(-c2cc3ccccc3[nH]c2=O)c2cc(Br)cnc21. The second kappa shape index (κ2) is 4.81. The average molecular weight is 354 g/mol. The van der Waals surface area contributed by atoms with Gasteiger partial charge in [0.2, 0.25) is 0 Å². The number of nitrogens with zero attached hydrogens (tertiary/aromatic N) is 2. The Morgan fingerprint density at radius 3 is 2.86 bits per heavy atom. The van der Waals surface area contributed by atoms with Gasteiger partial charge in [-0.15, -0.1) is 0 Å². The summed E-state index contributed by atoms with van der Waals surface area (Å²) in [5, 5.41) is 1.97. The molecule has 0 amide bonds.